The Hall–Kier alpha value is -1.05. The smallest absolute Gasteiger partial charge is 0.185 e. The van der Waals surface area contributed by atoms with Crippen molar-refractivity contribution in [1.82, 2.24) is 0 Å². The topological polar surface area (TPSA) is 30.2 Å². The molecule has 0 aliphatic carbocycles. The number of hydrogen-bond acceptors (Lipinski definition) is 2. The number of rotatable bonds is 2. The van der Waals surface area contributed by atoms with E-state index >= 15 is 0 Å². The van der Waals surface area contributed by atoms with Gasteiger partial charge in [-0.25, -0.2) is 0 Å². The van der Waals surface area contributed by atoms with Gasteiger partial charge in [-0.1, -0.05) is 20.8 Å². The summed E-state index contributed by atoms with van der Waals surface area (Å²) in [4.78, 5) is 10.3. The monoisotopic (exact) mass is 166 g/mol. The van der Waals surface area contributed by atoms with Gasteiger partial charge in [-0.05, 0) is 17.5 Å². The summed E-state index contributed by atoms with van der Waals surface area (Å²) in [7, 11) is 0. The molecule has 0 aromatic carbocycles. The number of carbonyl (C=O) groups is 1. The van der Waals surface area contributed by atoms with Gasteiger partial charge < -0.3 is 4.42 Å². The third-order valence-corrected chi connectivity index (χ3v) is 1.50. The molecule has 12 heavy (non-hydrogen) atoms. The van der Waals surface area contributed by atoms with Crippen LogP contribution in [0.5, 0.6) is 0 Å². The highest BCUT2D eigenvalue weighted by Crippen LogP contribution is 2.21. The lowest BCUT2D eigenvalue weighted by molar-refractivity contribution is 0.109. The van der Waals surface area contributed by atoms with Crippen LogP contribution in [0, 0.1) is 5.41 Å². The highest BCUT2D eigenvalue weighted by molar-refractivity contribution is 5.70. The van der Waals surface area contributed by atoms with Crippen LogP contribution in [-0.4, -0.2) is 6.29 Å². The summed E-state index contributed by atoms with van der Waals surface area (Å²) in [5.74, 6) is 1.29. The van der Waals surface area contributed by atoms with Crippen molar-refractivity contribution in [3.63, 3.8) is 0 Å². The zero-order valence-corrected chi connectivity index (χ0v) is 7.76. The van der Waals surface area contributed by atoms with E-state index in [2.05, 4.69) is 20.8 Å². The second-order valence-corrected chi connectivity index (χ2v) is 4.16. The summed E-state index contributed by atoms with van der Waals surface area (Å²) in [6.07, 6.45) is 1.59. The second kappa shape index (κ2) is 3.13. The minimum Gasteiger partial charge on any atom is -0.458 e. The first-order chi connectivity index (χ1) is 5.51. The molecule has 0 aliphatic rings. The van der Waals surface area contributed by atoms with Gasteiger partial charge in [0.15, 0.2) is 12.0 Å². The molecule has 0 unspecified atom stereocenters. The van der Waals surface area contributed by atoms with Crippen molar-refractivity contribution in [2.24, 2.45) is 5.41 Å². The van der Waals surface area contributed by atoms with Gasteiger partial charge >= 0.3 is 0 Å². The zero-order chi connectivity index (χ0) is 9.19. The Bertz CT molecular complexity index is 266. The van der Waals surface area contributed by atoms with Crippen LogP contribution in [0.2, 0.25) is 0 Å². The average Bonchev–Trinajstić information content (AvgIpc) is 2.32. The fourth-order valence-electron chi connectivity index (χ4n) is 1.08. The Balaban J connectivity index is 2.70. The van der Waals surface area contributed by atoms with E-state index in [-0.39, 0.29) is 5.41 Å². The van der Waals surface area contributed by atoms with Crippen LogP contribution >= 0.6 is 0 Å². The van der Waals surface area contributed by atoms with Crippen LogP contribution in [0.15, 0.2) is 16.5 Å². The number of hydrogen-bond donors (Lipinski definition) is 0. The van der Waals surface area contributed by atoms with Gasteiger partial charge in [0.2, 0.25) is 0 Å². The van der Waals surface area contributed by atoms with Gasteiger partial charge in [-0.3, -0.25) is 4.79 Å². The van der Waals surface area contributed by atoms with Gasteiger partial charge in [-0.2, -0.15) is 0 Å². The molecule has 0 saturated heterocycles. The van der Waals surface area contributed by atoms with Crippen LogP contribution in [0.4, 0.5) is 0 Å². The average molecular weight is 166 g/mol. The second-order valence-electron chi connectivity index (χ2n) is 4.16. The van der Waals surface area contributed by atoms with Gasteiger partial charge in [0, 0.05) is 6.42 Å². The highest BCUT2D eigenvalue weighted by atomic mass is 16.3. The number of furan rings is 1. The molecular formula is C10H14O2. The molecule has 0 radical (unpaired) electrons. The van der Waals surface area contributed by atoms with E-state index in [1.807, 2.05) is 6.07 Å². The molecule has 0 amide bonds. The SMILES string of the molecule is CC(C)(C)Cc1ccc(C=O)o1. The van der Waals surface area contributed by atoms with Crippen molar-refractivity contribution in [1.29, 1.82) is 0 Å². The lowest BCUT2D eigenvalue weighted by Gasteiger charge is -2.15. The summed E-state index contributed by atoms with van der Waals surface area (Å²) in [5, 5.41) is 0. The molecule has 0 saturated carbocycles. The van der Waals surface area contributed by atoms with E-state index in [0.29, 0.717) is 5.76 Å². The maximum Gasteiger partial charge on any atom is 0.185 e. The van der Waals surface area contributed by atoms with Crippen molar-refractivity contribution >= 4 is 6.29 Å². The lowest BCUT2D eigenvalue weighted by atomic mass is 9.91. The quantitative estimate of drug-likeness (QED) is 0.632. The maximum atomic E-state index is 10.3. The fourth-order valence-corrected chi connectivity index (χ4v) is 1.08. The molecule has 2 heteroatoms. The molecule has 0 spiro atoms. The molecule has 66 valence electrons. The summed E-state index contributed by atoms with van der Waals surface area (Å²) >= 11 is 0. The molecule has 1 aromatic rings. The molecular weight excluding hydrogens is 152 g/mol. The summed E-state index contributed by atoms with van der Waals surface area (Å²) < 4.78 is 5.24. The van der Waals surface area contributed by atoms with Gasteiger partial charge in [0.25, 0.3) is 0 Å². The first-order valence-electron chi connectivity index (χ1n) is 4.05. The van der Waals surface area contributed by atoms with E-state index < -0.39 is 0 Å². The van der Waals surface area contributed by atoms with Gasteiger partial charge in [-0.15, -0.1) is 0 Å². The standard InChI is InChI=1S/C10H14O2/c1-10(2,3)6-8-4-5-9(7-11)12-8/h4-5,7H,6H2,1-3H3. The Morgan fingerprint density at radius 3 is 2.50 bits per heavy atom. The minimum absolute atomic E-state index is 0.206. The van der Waals surface area contributed by atoms with E-state index in [9.17, 15) is 4.79 Å². The van der Waals surface area contributed by atoms with Crippen LogP contribution < -0.4 is 0 Å². The number of aldehydes is 1. The Morgan fingerprint density at radius 1 is 1.42 bits per heavy atom. The minimum atomic E-state index is 0.206. The fraction of sp³-hybridized carbons (Fsp3) is 0.500. The molecule has 0 aliphatic heterocycles. The molecule has 0 N–H and O–H groups in total. The third-order valence-electron chi connectivity index (χ3n) is 1.50. The lowest BCUT2D eigenvalue weighted by Crippen LogP contribution is -2.08. The summed E-state index contributed by atoms with van der Waals surface area (Å²) in [5.41, 5.74) is 0.206. The van der Waals surface area contributed by atoms with Crippen LogP contribution in [0.3, 0.4) is 0 Å². The molecule has 0 bridgehead atoms. The van der Waals surface area contributed by atoms with E-state index in [1.165, 1.54) is 0 Å². The van der Waals surface area contributed by atoms with Crippen LogP contribution in [-0.2, 0) is 6.42 Å². The number of carbonyl (C=O) groups excluding carboxylic acids is 1. The molecule has 0 fully saturated rings. The largest absolute Gasteiger partial charge is 0.458 e. The summed E-state index contributed by atoms with van der Waals surface area (Å²) in [6, 6.07) is 3.56. The Morgan fingerprint density at radius 2 is 2.08 bits per heavy atom. The first kappa shape index (κ1) is 9.04. The molecule has 1 rings (SSSR count). The predicted molar refractivity (Wildman–Crippen MR) is 47.3 cm³/mol. The predicted octanol–water partition coefficient (Wildman–Crippen LogP) is 2.68. The highest BCUT2D eigenvalue weighted by Gasteiger charge is 2.13. The molecule has 1 aromatic heterocycles. The van der Waals surface area contributed by atoms with E-state index in [1.54, 1.807) is 6.07 Å². The first-order valence-corrected chi connectivity index (χ1v) is 4.05. The van der Waals surface area contributed by atoms with Crippen molar-refractivity contribution in [2.75, 3.05) is 0 Å². The Labute approximate surface area is 72.6 Å². The zero-order valence-electron chi connectivity index (χ0n) is 7.76. The molecule has 1 heterocycles. The van der Waals surface area contributed by atoms with Crippen molar-refractivity contribution in [3.8, 4) is 0 Å². The normalized spacial score (nSPS) is 11.6. The van der Waals surface area contributed by atoms with Crippen molar-refractivity contribution in [2.45, 2.75) is 27.2 Å². The van der Waals surface area contributed by atoms with Gasteiger partial charge in [0.05, 0.1) is 0 Å². The molecule has 0 atom stereocenters. The third kappa shape index (κ3) is 2.53. The van der Waals surface area contributed by atoms with E-state index in [0.717, 1.165) is 18.5 Å². The van der Waals surface area contributed by atoms with E-state index in [4.69, 9.17) is 4.42 Å². The van der Waals surface area contributed by atoms with Crippen LogP contribution in [0.25, 0.3) is 0 Å². The Kier molecular flexibility index (Phi) is 2.36. The van der Waals surface area contributed by atoms with Crippen LogP contribution in [0.1, 0.15) is 37.1 Å². The van der Waals surface area contributed by atoms with Crippen molar-refractivity contribution < 1.29 is 9.21 Å². The maximum absolute atomic E-state index is 10.3. The van der Waals surface area contributed by atoms with Gasteiger partial charge in [0.1, 0.15) is 5.76 Å². The molecule has 2 nitrogen and oxygen atoms in total. The summed E-state index contributed by atoms with van der Waals surface area (Å²) in [6.45, 7) is 6.41. The van der Waals surface area contributed by atoms with Crippen molar-refractivity contribution in [3.05, 3.63) is 23.7 Å².